The Morgan fingerprint density at radius 1 is 1.12 bits per heavy atom. The molecule has 2 aromatic carbocycles. The topological polar surface area (TPSA) is 148 Å². The summed E-state index contributed by atoms with van der Waals surface area (Å²) in [7, 11) is 3.00. The average Bonchev–Trinajstić information content (AvgIpc) is 3.72. The van der Waals surface area contributed by atoms with Crippen LogP contribution in [-0.2, 0) is 4.79 Å². The van der Waals surface area contributed by atoms with Gasteiger partial charge in [-0.15, -0.1) is 0 Å². The summed E-state index contributed by atoms with van der Waals surface area (Å²) in [6.45, 7) is 4.68. The third-order valence-electron chi connectivity index (χ3n) is 11.4. The number of carbonyl (C=O) groups is 3. The van der Waals surface area contributed by atoms with Crippen molar-refractivity contribution in [1.82, 2.24) is 10.2 Å². The van der Waals surface area contributed by atoms with Gasteiger partial charge >= 0.3 is 0 Å². The molecule has 11 nitrogen and oxygen atoms in total. The van der Waals surface area contributed by atoms with E-state index in [1.54, 1.807) is 35.2 Å². The van der Waals surface area contributed by atoms with Crippen LogP contribution in [0.25, 0.3) is 11.0 Å². The SMILES string of the molecule is COc1cc(C=O)cc2c1OC1C2C(C(=O)NCCO)=CC(N(CC2CCC3CC2C3(C)C)C(=O)c2cc3cccc(OC)c3o2)C1O. The number of ether oxygens (including phenoxy) is 3. The number of amides is 2. The summed E-state index contributed by atoms with van der Waals surface area (Å²) < 4.78 is 23.6. The number of aliphatic hydroxyl groups excluding tert-OH is 2. The maximum atomic E-state index is 14.7. The first-order chi connectivity index (χ1) is 23.1. The molecule has 0 saturated heterocycles. The highest BCUT2D eigenvalue weighted by Crippen LogP contribution is 2.61. The molecule has 4 aliphatic carbocycles. The van der Waals surface area contributed by atoms with Crippen LogP contribution in [0.2, 0.25) is 0 Å². The van der Waals surface area contributed by atoms with E-state index in [9.17, 15) is 24.6 Å². The molecule has 2 amide bonds. The Hall–Kier alpha value is -4.35. The summed E-state index contributed by atoms with van der Waals surface area (Å²) in [6.07, 6.45) is 3.23. The summed E-state index contributed by atoms with van der Waals surface area (Å²) in [4.78, 5) is 42.0. The molecule has 0 spiro atoms. The van der Waals surface area contributed by atoms with E-state index in [4.69, 9.17) is 18.6 Å². The maximum absolute atomic E-state index is 14.7. The minimum absolute atomic E-state index is 0.00958. The van der Waals surface area contributed by atoms with Crippen molar-refractivity contribution in [3.63, 3.8) is 0 Å². The van der Waals surface area contributed by atoms with Gasteiger partial charge in [-0.3, -0.25) is 14.4 Å². The van der Waals surface area contributed by atoms with Gasteiger partial charge in [0, 0.05) is 35.2 Å². The standard InChI is InChI=1S/C37H42N2O9/c1-37(2)22-9-8-21(25(37)15-22)17-39(36(44)29-14-20-6-5-7-27(45-3)32(20)47-29)26-16-24(35(43)38-10-11-40)30-23-12-19(18-41)13-28(46-4)33(23)48-34(30)31(26)42/h5-7,12-14,16,18,21-22,25-26,30-31,34,40,42H,8-11,15,17H2,1-4H3,(H,38,43). The van der Waals surface area contributed by atoms with E-state index >= 15 is 0 Å². The Kier molecular flexibility index (Phi) is 8.23. The first-order valence-corrected chi connectivity index (χ1v) is 16.6. The van der Waals surface area contributed by atoms with Gasteiger partial charge in [0.25, 0.3) is 5.91 Å². The lowest BCUT2D eigenvalue weighted by Crippen LogP contribution is -2.59. The third kappa shape index (κ3) is 5.06. The number of furan rings is 1. The Morgan fingerprint density at radius 2 is 1.92 bits per heavy atom. The van der Waals surface area contributed by atoms with E-state index < -0.39 is 36.0 Å². The molecule has 3 aromatic rings. The zero-order valence-corrected chi connectivity index (χ0v) is 27.6. The lowest BCUT2D eigenvalue weighted by atomic mass is 9.45. The molecule has 1 aliphatic heterocycles. The minimum Gasteiger partial charge on any atom is -0.493 e. The summed E-state index contributed by atoms with van der Waals surface area (Å²) in [6, 6.07) is 9.33. The molecule has 8 rings (SSSR count). The van der Waals surface area contributed by atoms with Crippen molar-refractivity contribution in [3.8, 4) is 17.2 Å². The number of fused-ring (bicyclic) bond motifs is 6. The van der Waals surface area contributed by atoms with Crippen molar-refractivity contribution in [3.05, 3.63) is 64.9 Å². The van der Waals surface area contributed by atoms with E-state index in [1.165, 1.54) is 14.2 Å². The summed E-state index contributed by atoms with van der Waals surface area (Å²) in [5, 5.41) is 25.1. The number of nitrogens with zero attached hydrogens (tertiary/aromatic N) is 1. The molecule has 3 fully saturated rings. The molecule has 5 aliphatic rings. The fourth-order valence-corrected chi connectivity index (χ4v) is 8.78. The van der Waals surface area contributed by atoms with Gasteiger partial charge in [0.15, 0.2) is 28.6 Å². The fourth-order valence-electron chi connectivity index (χ4n) is 8.78. The molecule has 2 heterocycles. The molecule has 7 atom stereocenters. The minimum atomic E-state index is -1.25. The molecule has 7 unspecified atom stereocenters. The highest BCUT2D eigenvalue weighted by molar-refractivity contribution is 5.99. The summed E-state index contributed by atoms with van der Waals surface area (Å²) in [5.41, 5.74) is 1.72. The van der Waals surface area contributed by atoms with Gasteiger partial charge in [0.1, 0.15) is 18.5 Å². The maximum Gasteiger partial charge on any atom is 0.290 e. The predicted octanol–water partition coefficient (Wildman–Crippen LogP) is 4.10. The molecule has 3 N–H and O–H groups in total. The van der Waals surface area contributed by atoms with Crippen LogP contribution in [0, 0.1) is 23.2 Å². The van der Waals surface area contributed by atoms with Crippen LogP contribution in [0.3, 0.4) is 0 Å². The molecular weight excluding hydrogens is 616 g/mol. The molecular formula is C37H42N2O9. The van der Waals surface area contributed by atoms with Gasteiger partial charge in [-0.2, -0.15) is 0 Å². The number of hydrogen-bond acceptors (Lipinski definition) is 9. The lowest BCUT2D eigenvalue weighted by Gasteiger charge is -2.61. The number of aliphatic hydroxyl groups is 2. The van der Waals surface area contributed by atoms with Gasteiger partial charge in [0.2, 0.25) is 5.91 Å². The Labute approximate surface area is 278 Å². The molecule has 2 bridgehead atoms. The number of aldehydes is 1. The number of hydrogen-bond donors (Lipinski definition) is 3. The molecule has 48 heavy (non-hydrogen) atoms. The zero-order valence-electron chi connectivity index (χ0n) is 27.6. The van der Waals surface area contributed by atoms with E-state index in [1.807, 2.05) is 12.1 Å². The number of rotatable bonds is 10. The van der Waals surface area contributed by atoms with Crippen molar-refractivity contribution in [2.75, 3.05) is 33.9 Å². The predicted molar refractivity (Wildman–Crippen MR) is 175 cm³/mol. The quantitative estimate of drug-likeness (QED) is 0.274. The summed E-state index contributed by atoms with van der Waals surface area (Å²) >= 11 is 0. The van der Waals surface area contributed by atoms with Crippen molar-refractivity contribution >= 4 is 29.1 Å². The highest BCUT2D eigenvalue weighted by Gasteiger charge is 2.56. The van der Waals surface area contributed by atoms with Gasteiger partial charge < -0.3 is 39.1 Å². The molecule has 0 radical (unpaired) electrons. The van der Waals surface area contributed by atoms with Gasteiger partial charge in [-0.25, -0.2) is 0 Å². The Balaban J connectivity index is 1.33. The van der Waals surface area contributed by atoms with Crippen LogP contribution in [0.4, 0.5) is 0 Å². The van der Waals surface area contributed by atoms with Crippen molar-refractivity contribution in [2.24, 2.45) is 23.2 Å². The van der Waals surface area contributed by atoms with Crippen LogP contribution >= 0.6 is 0 Å². The third-order valence-corrected chi connectivity index (χ3v) is 11.4. The summed E-state index contributed by atoms with van der Waals surface area (Å²) in [5.74, 6) is 0.820. The first kappa shape index (κ1) is 32.2. The van der Waals surface area contributed by atoms with Gasteiger partial charge in [-0.1, -0.05) is 26.0 Å². The second kappa shape index (κ2) is 12.3. The van der Waals surface area contributed by atoms with Crippen molar-refractivity contribution in [2.45, 2.75) is 57.3 Å². The number of nitrogens with one attached hydrogen (secondary N) is 1. The van der Waals surface area contributed by atoms with Gasteiger partial charge in [-0.05, 0) is 72.8 Å². The van der Waals surface area contributed by atoms with Crippen LogP contribution in [0.5, 0.6) is 17.2 Å². The average molecular weight is 659 g/mol. The number of carbonyl (C=O) groups excluding carboxylic acids is 3. The largest absolute Gasteiger partial charge is 0.493 e. The van der Waals surface area contributed by atoms with E-state index in [0.29, 0.717) is 64.0 Å². The first-order valence-electron chi connectivity index (χ1n) is 16.6. The van der Waals surface area contributed by atoms with Crippen molar-refractivity contribution in [1.29, 1.82) is 0 Å². The number of para-hydroxylation sites is 1. The molecule has 3 saturated carbocycles. The van der Waals surface area contributed by atoms with E-state index in [0.717, 1.165) is 19.3 Å². The van der Waals surface area contributed by atoms with Crippen LogP contribution in [-0.4, -0.2) is 85.4 Å². The van der Waals surface area contributed by atoms with Crippen LogP contribution < -0.4 is 19.5 Å². The number of methoxy groups -OCH3 is 2. The van der Waals surface area contributed by atoms with Crippen LogP contribution in [0.1, 0.15) is 65.5 Å². The second-order valence-corrected chi connectivity index (χ2v) is 14.0. The zero-order chi connectivity index (χ0) is 33.9. The Bertz CT molecular complexity index is 1790. The van der Waals surface area contributed by atoms with E-state index in [-0.39, 0.29) is 35.8 Å². The fraction of sp³-hybridized carbons (Fsp3) is 0.486. The molecule has 254 valence electrons. The second-order valence-electron chi connectivity index (χ2n) is 14.0. The normalized spacial score (nSPS) is 27.9. The smallest absolute Gasteiger partial charge is 0.290 e. The monoisotopic (exact) mass is 658 g/mol. The molecule has 11 heteroatoms. The van der Waals surface area contributed by atoms with Gasteiger partial charge in [0.05, 0.1) is 32.8 Å². The number of benzene rings is 2. The Morgan fingerprint density at radius 3 is 2.60 bits per heavy atom. The molecule has 1 aromatic heterocycles. The van der Waals surface area contributed by atoms with E-state index in [2.05, 4.69) is 19.2 Å². The lowest BCUT2D eigenvalue weighted by molar-refractivity contribution is -0.119. The van der Waals surface area contributed by atoms with Crippen LogP contribution in [0.15, 0.2) is 52.5 Å². The highest BCUT2D eigenvalue weighted by atomic mass is 16.5. The van der Waals surface area contributed by atoms with Crippen molar-refractivity contribution < 1.29 is 43.2 Å².